The Kier molecular flexibility index (Phi) is 4.57. The molecule has 0 saturated heterocycles. The second-order valence-corrected chi connectivity index (χ2v) is 4.88. The highest BCUT2D eigenvalue weighted by atomic mass is 16.1. The van der Waals surface area contributed by atoms with Gasteiger partial charge in [-0.3, -0.25) is 4.79 Å². The Labute approximate surface area is 121 Å². The zero-order chi connectivity index (χ0) is 14.5. The zero-order valence-corrected chi connectivity index (χ0v) is 12.4. The lowest BCUT2D eigenvalue weighted by atomic mass is 10.0. The van der Waals surface area contributed by atoms with Gasteiger partial charge in [0, 0.05) is 24.2 Å². The summed E-state index contributed by atoms with van der Waals surface area (Å²) in [5, 5.41) is 0. The Bertz CT molecular complexity index is 604. The predicted molar refractivity (Wildman–Crippen MR) is 84.9 cm³/mol. The van der Waals surface area contributed by atoms with Crippen molar-refractivity contribution in [1.82, 2.24) is 0 Å². The predicted octanol–water partition coefficient (Wildman–Crippen LogP) is 4.75. The lowest BCUT2D eigenvalue weighted by Crippen LogP contribution is -2.19. The lowest BCUT2D eigenvalue weighted by molar-refractivity contribution is 0.0988. The molecule has 0 radical (unpaired) electrons. The number of aryl methyl sites for hydroxylation is 1. The van der Waals surface area contributed by atoms with E-state index >= 15 is 0 Å². The van der Waals surface area contributed by atoms with Crippen LogP contribution in [-0.4, -0.2) is 12.3 Å². The first-order valence-corrected chi connectivity index (χ1v) is 7.13. The van der Waals surface area contributed by atoms with Crippen LogP contribution in [0.15, 0.2) is 48.5 Å². The monoisotopic (exact) mass is 267 g/mol. The molecule has 0 spiro atoms. The summed E-state index contributed by atoms with van der Waals surface area (Å²) in [4.78, 5) is 14.3. The summed E-state index contributed by atoms with van der Waals surface area (Å²) < 4.78 is 0. The molecular formula is C18H21NO. The molecule has 0 N–H and O–H groups in total. The molecule has 0 aliphatic heterocycles. The molecule has 2 nitrogen and oxygen atoms in total. The molecular weight excluding hydrogens is 246 g/mol. The van der Waals surface area contributed by atoms with Gasteiger partial charge in [-0.05, 0) is 43.7 Å². The first-order valence-electron chi connectivity index (χ1n) is 7.13. The number of para-hydroxylation sites is 1. The maximum absolute atomic E-state index is 12.1. The SMILES string of the molecule is CCC(=O)c1ccccc1N(CC)c1cccc(C)c1. The number of rotatable bonds is 5. The number of ketones is 1. The largest absolute Gasteiger partial charge is 0.341 e. The van der Waals surface area contributed by atoms with Crippen molar-refractivity contribution in [3.63, 3.8) is 0 Å². The summed E-state index contributed by atoms with van der Waals surface area (Å²) in [6.45, 7) is 6.93. The van der Waals surface area contributed by atoms with Crippen molar-refractivity contribution in [2.75, 3.05) is 11.4 Å². The Morgan fingerprint density at radius 3 is 2.45 bits per heavy atom. The molecule has 0 fully saturated rings. The van der Waals surface area contributed by atoms with Crippen molar-refractivity contribution in [3.05, 3.63) is 59.7 Å². The average molecular weight is 267 g/mol. The Morgan fingerprint density at radius 1 is 1.05 bits per heavy atom. The van der Waals surface area contributed by atoms with Crippen molar-refractivity contribution in [1.29, 1.82) is 0 Å². The Morgan fingerprint density at radius 2 is 1.80 bits per heavy atom. The third kappa shape index (κ3) is 2.90. The topological polar surface area (TPSA) is 20.3 Å². The van der Waals surface area contributed by atoms with Gasteiger partial charge in [0.05, 0.1) is 5.69 Å². The van der Waals surface area contributed by atoms with Gasteiger partial charge < -0.3 is 4.90 Å². The van der Waals surface area contributed by atoms with E-state index in [0.29, 0.717) is 6.42 Å². The number of carbonyl (C=O) groups excluding carboxylic acids is 1. The number of nitrogens with zero attached hydrogens (tertiary/aromatic N) is 1. The number of anilines is 2. The molecule has 2 aromatic carbocycles. The van der Waals surface area contributed by atoms with Crippen LogP contribution in [0.5, 0.6) is 0 Å². The van der Waals surface area contributed by atoms with E-state index in [2.05, 4.69) is 43.0 Å². The minimum absolute atomic E-state index is 0.187. The van der Waals surface area contributed by atoms with E-state index in [9.17, 15) is 4.79 Å². The van der Waals surface area contributed by atoms with Gasteiger partial charge in [0.25, 0.3) is 0 Å². The normalized spacial score (nSPS) is 10.3. The average Bonchev–Trinajstić information content (AvgIpc) is 2.48. The standard InChI is InChI=1S/C18H21NO/c1-4-18(20)16-11-6-7-12-17(16)19(5-2)15-10-8-9-14(3)13-15/h6-13H,4-5H2,1-3H3. The third-order valence-electron chi connectivity index (χ3n) is 3.45. The van der Waals surface area contributed by atoms with Gasteiger partial charge in [-0.25, -0.2) is 0 Å². The molecule has 2 heteroatoms. The fraction of sp³-hybridized carbons (Fsp3) is 0.278. The molecule has 0 aliphatic rings. The first-order chi connectivity index (χ1) is 9.67. The smallest absolute Gasteiger partial charge is 0.164 e. The highest BCUT2D eigenvalue weighted by molar-refractivity contribution is 6.01. The molecule has 104 valence electrons. The molecule has 2 rings (SSSR count). The summed E-state index contributed by atoms with van der Waals surface area (Å²) >= 11 is 0. The number of hydrogen-bond acceptors (Lipinski definition) is 2. The third-order valence-corrected chi connectivity index (χ3v) is 3.45. The van der Waals surface area contributed by atoms with Crippen LogP contribution in [-0.2, 0) is 0 Å². The molecule has 0 aliphatic carbocycles. The van der Waals surface area contributed by atoms with Crippen molar-refractivity contribution in [2.45, 2.75) is 27.2 Å². The zero-order valence-electron chi connectivity index (χ0n) is 12.4. The number of carbonyl (C=O) groups is 1. The fourth-order valence-electron chi connectivity index (χ4n) is 2.42. The summed E-state index contributed by atoms with van der Waals surface area (Å²) in [6, 6.07) is 16.2. The minimum atomic E-state index is 0.187. The van der Waals surface area contributed by atoms with Crippen LogP contribution in [0.2, 0.25) is 0 Å². The van der Waals surface area contributed by atoms with Crippen LogP contribution in [0.3, 0.4) is 0 Å². The maximum atomic E-state index is 12.1. The van der Waals surface area contributed by atoms with Crippen LogP contribution in [0.4, 0.5) is 11.4 Å². The quantitative estimate of drug-likeness (QED) is 0.729. The van der Waals surface area contributed by atoms with E-state index in [1.54, 1.807) is 0 Å². The maximum Gasteiger partial charge on any atom is 0.164 e. The summed E-state index contributed by atoms with van der Waals surface area (Å²) in [5.41, 5.74) is 4.15. The second kappa shape index (κ2) is 6.38. The van der Waals surface area contributed by atoms with Gasteiger partial charge in [0.1, 0.15) is 0 Å². The van der Waals surface area contributed by atoms with E-state index in [-0.39, 0.29) is 5.78 Å². The van der Waals surface area contributed by atoms with E-state index in [1.807, 2.05) is 31.2 Å². The van der Waals surface area contributed by atoms with E-state index in [1.165, 1.54) is 5.56 Å². The summed E-state index contributed by atoms with van der Waals surface area (Å²) in [6.07, 6.45) is 0.530. The highest BCUT2D eigenvalue weighted by Crippen LogP contribution is 2.29. The van der Waals surface area contributed by atoms with Gasteiger partial charge in [-0.1, -0.05) is 31.2 Å². The Balaban J connectivity index is 2.50. The van der Waals surface area contributed by atoms with E-state index in [0.717, 1.165) is 23.5 Å². The van der Waals surface area contributed by atoms with Crippen molar-refractivity contribution < 1.29 is 4.79 Å². The Hall–Kier alpha value is -2.09. The van der Waals surface area contributed by atoms with Crippen molar-refractivity contribution in [2.24, 2.45) is 0 Å². The van der Waals surface area contributed by atoms with Crippen LogP contribution in [0, 0.1) is 6.92 Å². The van der Waals surface area contributed by atoms with Gasteiger partial charge >= 0.3 is 0 Å². The number of Topliss-reactive ketones (excluding diaryl/α,β-unsaturated/α-hetero) is 1. The summed E-state index contributed by atoms with van der Waals surface area (Å²) in [7, 11) is 0. The van der Waals surface area contributed by atoms with Crippen LogP contribution < -0.4 is 4.90 Å². The molecule has 0 amide bonds. The first kappa shape index (κ1) is 14.3. The summed E-state index contributed by atoms with van der Waals surface area (Å²) in [5.74, 6) is 0.187. The van der Waals surface area contributed by atoms with Gasteiger partial charge in [0.15, 0.2) is 5.78 Å². The van der Waals surface area contributed by atoms with Gasteiger partial charge in [-0.2, -0.15) is 0 Å². The molecule has 0 atom stereocenters. The van der Waals surface area contributed by atoms with Crippen molar-refractivity contribution >= 4 is 17.2 Å². The molecule has 0 heterocycles. The molecule has 0 aromatic heterocycles. The minimum Gasteiger partial charge on any atom is -0.341 e. The molecule has 0 bridgehead atoms. The van der Waals surface area contributed by atoms with Crippen LogP contribution >= 0.6 is 0 Å². The number of benzene rings is 2. The molecule has 20 heavy (non-hydrogen) atoms. The second-order valence-electron chi connectivity index (χ2n) is 4.88. The van der Waals surface area contributed by atoms with E-state index < -0.39 is 0 Å². The van der Waals surface area contributed by atoms with Crippen LogP contribution in [0.1, 0.15) is 36.2 Å². The van der Waals surface area contributed by atoms with Gasteiger partial charge in [-0.15, -0.1) is 0 Å². The molecule has 2 aromatic rings. The molecule has 0 saturated carbocycles. The fourth-order valence-corrected chi connectivity index (χ4v) is 2.42. The van der Waals surface area contributed by atoms with E-state index in [4.69, 9.17) is 0 Å². The van der Waals surface area contributed by atoms with Gasteiger partial charge in [0.2, 0.25) is 0 Å². The highest BCUT2D eigenvalue weighted by Gasteiger charge is 2.15. The lowest BCUT2D eigenvalue weighted by Gasteiger charge is -2.25. The van der Waals surface area contributed by atoms with Crippen LogP contribution in [0.25, 0.3) is 0 Å². The molecule has 0 unspecified atom stereocenters. The van der Waals surface area contributed by atoms with Crippen molar-refractivity contribution in [3.8, 4) is 0 Å². The number of hydrogen-bond donors (Lipinski definition) is 0.